The standard InChI is InChI=1S/C8H12F2N4O3/c1-16-7-12-6(13-8(14-7)17-2)11-3-4(15)5(9)10/h4-5,15H,3H2,1-2H3,(H,11,12,13,14). The topological polar surface area (TPSA) is 89.4 Å². The minimum Gasteiger partial charge on any atom is -0.467 e. The predicted molar refractivity (Wildman–Crippen MR) is 53.4 cm³/mol. The fourth-order valence-electron chi connectivity index (χ4n) is 0.885. The summed E-state index contributed by atoms with van der Waals surface area (Å²) in [7, 11) is 2.68. The van der Waals surface area contributed by atoms with Crippen molar-refractivity contribution in [2.75, 3.05) is 26.1 Å². The van der Waals surface area contributed by atoms with E-state index in [1.165, 1.54) is 14.2 Å². The number of hydrogen-bond donors (Lipinski definition) is 2. The molecule has 0 fully saturated rings. The van der Waals surface area contributed by atoms with E-state index in [-0.39, 0.29) is 18.0 Å². The first-order valence-electron chi connectivity index (χ1n) is 4.61. The highest BCUT2D eigenvalue weighted by Gasteiger charge is 2.17. The zero-order valence-corrected chi connectivity index (χ0v) is 9.22. The Balaban J connectivity index is 2.70. The summed E-state index contributed by atoms with van der Waals surface area (Å²) in [6.45, 7) is -0.395. The van der Waals surface area contributed by atoms with Crippen LogP contribution >= 0.6 is 0 Å². The van der Waals surface area contributed by atoms with Gasteiger partial charge in [-0.25, -0.2) is 8.78 Å². The Hall–Kier alpha value is -1.77. The van der Waals surface area contributed by atoms with Gasteiger partial charge in [-0.3, -0.25) is 0 Å². The van der Waals surface area contributed by atoms with Crippen LogP contribution in [0.2, 0.25) is 0 Å². The maximum absolute atomic E-state index is 12.0. The highest BCUT2D eigenvalue weighted by molar-refractivity contribution is 5.27. The molecule has 0 aliphatic rings. The number of alkyl halides is 2. The quantitative estimate of drug-likeness (QED) is 0.730. The molecule has 9 heteroatoms. The molecule has 0 aliphatic heterocycles. The average molecular weight is 250 g/mol. The van der Waals surface area contributed by atoms with Gasteiger partial charge in [0.25, 0.3) is 6.43 Å². The molecular formula is C8H12F2N4O3. The van der Waals surface area contributed by atoms with Crippen LogP contribution in [0.1, 0.15) is 0 Å². The molecule has 0 aliphatic carbocycles. The Morgan fingerprint density at radius 2 is 1.71 bits per heavy atom. The molecular weight excluding hydrogens is 238 g/mol. The van der Waals surface area contributed by atoms with Gasteiger partial charge in [-0.1, -0.05) is 0 Å². The number of ether oxygens (including phenoxy) is 2. The van der Waals surface area contributed by atoms with E-state index in [2.05, 4.69) is 20.3 Å². The lowest BCUT2D eigenvalue weighted by atomic mass is 10.4. The van der Waals surface area contributed by atoms with Crippen molar-refractivity contribution in [1.82, 2.24) is 15.0 Å². The first kappa shape index (κ1) is 13.3. The Kier molecular flexibility index (Phi) is 4.76. The van der Waals surface area contributed by atoms with E-state index in [0.29, 0.717) is 0 Å². The molecule has 0 spiro atoms. The molecule has 0 saturated heterocycles. The van der Waals surface area contributed by atoms with Gasteiger partial charge in [-0.15, -0.1) is 4.98 Å². The number of rotatable bonds is 6. The fraction of sp³-hybridized carbons (Fsp3) is 0.625. The first-order valence-corrected chi connectivity index (χ1v) is 4.61. The van der Waals surface area contributed by atoms with E-state index in [1.807, 2.05) is 0 Å². The fourth-order valence-corrected chi connectivity index (χ4v) is 0.885. The number of nitrogens with zero attached hydrogens (tertiary/aromatic N) is 3. The van der Waals surface area contributed by atoms with Crippen molar-refractivity contribution in [2.24, 2.45) is 0 Å². The maximum Gasteiger partial charge on any atom is 0.324 e. The van der Waals surface area contributed by atoms with Crippen LogP contribution in [-0.2, 0) is 0 Å². The van der Waals surface area contributed by atoms with Crippen molar-refractivity contribution < 1.29 is 23.4 Å². The third kappa shape index (κ3) is 3.94. The van der Waals surface area contributed by atoms with Crippen LogP contribution in [-0.4, -0.2) is 53.4 Å². The molecule has 0 saturated carbocycles. The molecule has 17 heavy (non-hydrogen) atoms. The highest BCUT2D eigenvalue weighted by atomic mass is 19.3. The summed E-state index contributed by atoms with van der Waals surface area (Å²) >= 11 is 0. The van der Waals surface area contributed by atoms with Crippen LogP contribution in [0.3, 0.4) is 0 Å². The summed E-state index contributed by atoms with van der Waals surface area (Å²) in [5.74, 6) is -0.0200. The lowest BCUT2D eigenvalue weighted by Crippen LogP contribution is -2.27. The summed E-state index contributed by atoms with van der Waals surface area (Å²) < 4.78 is 33.6. The second-order valence-corrected chi connectivity index (χ2v) is 2.92. The number of aliphatic hydroxyl groups excluding tert-OH is 1. The summed E-state index contributed by atoms with van der Waals surface area (Å²) in [6.07, 6.45) is -4.64. The van der Waals surface area contributed by atoms with Gasteiger partial charge in [0.2, 0.25) is 5.95 Å². The van der Waals surface area contributed by atoms with E-state index in [9.17, 15) is 8.78 Å². The maximum atomic E-state index is 12.0. The Labute approximate surface area is 95.8 Å². The molecule has 1 unspecified atom stereocenters. The molecule has 1 atom stereocenters. The van der Waals surface area contributed by atoms with Gasteiger partial charge in [-0.2, -0.15) is 9.97 Å². The largest absolute Gasteiger partial charge is 0.467 e. The van der Waals surface area contributed by atoms with Crippen molar-refractivity contribution in [1.29, 1.82) is 0 Å². The molecule has 1 heterocycles. The van der Waals surface area contributed by atoms with Crippen LogP contribution in [0.5, 0.6) is 12.0 Å². The summed E-state index contributed by atoms with van der Waals surface area (Å²) in [4.78, 5) is 11.2. The van der Waals surface area contributed by atoms with Gasteiger partial charge >= 0.3 is 12.0 Å². The SMILES string of the molecule is COc1nc(NCC(O)C(F)F)nc(OC)n1. The lowest BCUT2D eigenvalue weighted by Gasteiger charge is -2.11. The zero-order chi connectivity index (χ0) is 12.8. The average Bonchev–Trinajstić information content (AvgIpc) is 2.35. The minimum absolute atomic E-state index is 0.0200. The smallest absolute Gasteiger partial charge is 0.324 e. The monoisotopic (exact) mass is 250 g/mol. The molecule has 96 valence electrons. The normalized spacial score (nSPS) is 12.4. The van der Waals surface area contributed by atoms with Crippen LogP contribution in [0.15, 0.2) is 0 Å². The van der Waals surface area contributed by atoms with Gasteiger partial charge in [0, 0.05) is 6.54 Å². The van der Waals surface area contributed by atoms with Crippen molar-refractivity contribution in [3.8, 4) is 12.0 Å². The van der Waals surface area contributed by atoms with Crippen LogP contribution in [0.4, 0.5) is 14.7 Å². The second-order valence-electron chi connectivity index (χ2n) is 2.92. The summed E-state index contributed by atoms with van der Waals surface area (Å²) in [6, 6.07) is -0.0447. The van der Waals surface area contributed by atoms with E-state index in [4.69, 9.17) is 14.6 Å². The van der Waals surface area contributed by atoms with E-state index < -0.39 is 19.1 Å². The van der Waals surface area contributed by atoms with E-state index in [0.717, 1.165) is 0 Å². The van der Waals surface area contributed by atoms with Gasteiger partial charge < -0.3 is 19.9 Å². The predicted octanol–water partition coefficient (Wildman–Crippen LogP) is -0.0733. The molecule has 7 nitrogen and oxygen atoms in total. The molecule has 1 aromatic rings. The molecule has 0 radical (unpaired) electrons. The highest BCUT2D eigenvalue weighted by Crippen LogP contribution is 2.12. The van der Waals surface area contributed by atoms with Crippen molar-refractivity contribution in [3.05, 3.63) is 0 Å². The minimum atomic E-state index is -2.84. The van der Waals surface area contributed by atoms with Crippen molar-refractivity contribution in [3.63, 3.8) is 0 Å². The number of aliphatic hydroxyl groups is 1. The summed E-state index contributed by atoms with van der Waals surface area (Å²) in [5, 5.41) is 11.3. The van der Waals surface area contributed by atoms with Gasteiger partial charge in [-0.05, 0) is 0 Å². The molecule has 1 aromatic heterocycles. The summed E-state index contributed by atoms with van der Waals surface area (Å²) in [5.41, 5.74) is 0. The molecule has 0 amide bonds. The Morgan fingerprint density at radius 1 is 1.18 bits per heavy atom. The van der Waals surface area contributed by atoms with Gasteiger partial charge in [0.05, 0.1) is 14.2 Å². The number of aromatic nitrogens is 3. The van der Waals surface area contributed by atoms with Crippen LogP contribution in [0.25, 0.3) is 0 Å². The van der Waals surface area contributed by atoms with Crippen LogP contribution in [0, 0.1) is 0 Å². The second kappa shape index (κ2) is 6.09. The molecule has 2 N–H and O–H groups in total. The number of nitrogens with one attached hydrogen (secondary N) is 1. The van der Waals surface area contributed by atoms with Gasteiger partial charge in [0.15, 0.2) is 0 Å². The number of anilines is 1. The van der Waals surface area contributed by atoms with Crippen molar-refractivity contribution >= 4 is 5.95 Å². The third-order valence-corrected chi connectivity index (χ3v) is 1.72. The van der Waals surface area contributed by atoms with E-state index in [1.54, 1.807) is 0 Å². The lowest BCUT2D eigenvalue weighted by molar-refractivity contribution is 0.00375. The Morgan fingerprint density at radius 3 is 2.12 bits per heavy atom. The Bertz CT molecular complexity index is 344. The van der Waals surface area contributed by atoms with Gasteiger partial charge in [0.1, 0.15) is 6.10 Å². The van der Waals surface area contributed by atoms with Crippen LogP contribution < -0.4 is 14.8 Å². The number of halogens is 2. The molecule has 1 rings (SSSR count). The number of hydrogen-bond acceptors (Lipinski definition) is 7. The molecule has 0 bridgehead atoms. The third-order valence-electron chi connectivity index (χ3n) is 1.72. The molecule has 0 aromatic carbocycles. The first-order chi connectivity index (χ1) is 8.06. The van der Waals surface area contributed by atoms with E-state index >= 15 is 0 Å². The zero-order valence-electron chi connectivity index (χ0n) is 9.22. The van der Waals surface area contributed by atoms with Crippen molar-refractivity contribution in [2.45, 2.75) is 12.5 Å². The number of methoxy groups -OCH3 is 2.